The van der Waals surface area contributed by atoms with Crippen molar-refractivity contribution in [3.05, 3.63) is 50.4 Å². The Morgan fingerprint density at radius 3 is 2.52 bits per heavy atom. The summed E-state index contributed by atoms with van der Waals surface area (Å²) in [4.78, 5) is 0.0103. The molecule has 0 aliphatic carbocycles. The number of nitrogens with two attached hydrogens (primary N) is 1. The molecule has 2 aromatic carbocycles. The summed E-state index contributed by atoms with van der Waals surface area (Å²) in [6.07, 6.45) is 0. The first-order chi connectivity index (χ1) is 9.72. The molecule has 0 radical (unpaired) electrons. The van der Waals surface area contributed by atoms with Crippen molar-refractivity contribution in [2.75, 3.05) is 10.5 Å². The Morgan fingerprint density at radius 1 is 1.19 bits per heavy atom. The number of rotatable bonds is 3. The Labute approximate surface area is 141 Å². The molecule has 112 valence electrons. The van der Waals surface area contributed by atoms with Crippen molar-refractivity contribution in [3.63, 3.8) is 0 Å². The zero-order valence-electron chi connectivity index (χ0n) is 10.8. The van der Waals surface area contributed by atoms with E-state index in [-0.39, 0.29) is 20.6 Å². The molecule has 4 nitrogen and oxygen atoms in total. The summed E-state index contributed by atoms with van der Waals surface area (Å²) in [5.74, 6) is 0. The lowest BCUT2D eigenvalue weighted by atomic mass is 10.2. The van der Waals surface area contributed by atoms with Crippen molar-refractivity contribution >= 4 is 60.5 Å². The molecule has 0 saturated carbocycles. The van der Waals surface area contributed by atoms with Gasteiger partial charge in [0.2, 0.25) is 0 Å². The van der Waals surface area contributed by atoms with Crippen LogP contribution in [0.5, 0.6) is 0 Å². The Kier molecular flexibility index (Phi) is 4.72. The number of benzene rings is 2. The van der Waals surface area contributed by atoms with E-state index < -0.39 is 10.0 Å². The van der Waals surface area contributed by atoms with E-state index in [9.17, 15) is 8.42 Å². The summed E-state index contributed by atoms with van der Waals surface area (Å²) < 4.78 is 27.7. The van der Waals surface area contributed by atoms with E-state index >= 15 is 0 Å². The monoisotopic (exact) mass is 408 g/mol. The van der Waals surface area contributed by atoms with Gasteiger partial charge in [0, 0.05) is 10.2 Å². The Morgan fingerprint density at radius 2 is 1.86 bits per heavy atom. The number of aryl methyl sites for hydroxylation is 1. The lowest BCUT2D eigenvalue weighted by Crippen LogP contribution is -2.14. The zero-order valence-corrected chi connectivity index (χ0v) is 14.7. The van der Waals surface area contributed by atoms with E-state index in [4.69, 9.17) is 28.9 Å². The average molecular weight is 410 g/mol. The van der Waals surface area contributed by atoms with Gasteiger partial charge in [0.15, 0.2) is 0 Å². The average Bonchev–Trinajstić information content (AvgIpc) is 2.42. The van der Waals surface area contributed by atoms with Crippen LogP contribution in [-0.2, 0) is 10.0 Å². The topological polar surface area (TPSA) is 72.2 Å². The second kappa shape index (κ2) is 6.04. The number of hydrogen-bond acceptors (Lipinski definition) is 3. The molecule has 0 bridgehead atoms. The summed E-state index contributed by atoms with van der Waals surface area (Å²) in [5, 5.41) is 0.473. The van der Waals surface area contributed by atoms with Crippen molar-refractivity contribution < 1.29 is 8.42 Å². The van der Waals surface area contributed by atoms with E-state index in [1.807, 2.05) is 0 Å². The van der Waals surface area contributed by atoms with Crippen LogP contribution < -0.4 is 10.5 Å². The van der Waals surface area contributed by atoms with E-state index in [0.717, 1.165) is 0 Å². The van der Waals surface area contributed by atoms with E-state index in [2.05, 4.69) is 20.7 Å². The van der Waals surface area contributed by atoms with Gasteiger partial charge in [-0.25, -0.2) is 8.42 Å². The Hall–Kier alpha value is -0.950. The van der Waals surface area contributed by atoms with Gasteiger partial charge in [-0.15, -0.1) is 0 Å². The van der Waals surface area contributed by atoms with Gasteiger partial charge in [-0.05, 0) is 52.7 Å². The Bertz CT molecular complexity index is 810. The van der Waals surface area contributed by atoms with Gasteiger partial charge < -0.3 is 5.73 Å². The summed E-state index contributed by atoms with van der Waals surface area (Å²) >= 11 is 15.3. The van der Waals surface area contributed by atoms with Gasteiger partial charge in [-0.2, -0.15) is 0 Å². The molecule has 0 amide bonds. The molecule has 0 aromatic heterocycles. The third kappa shape index (κ3) is 3.45. The molecule has 0 saturated heterocycles. The zero-order chi connectivity index (χ0) is 15.8. The highest BCUT2D eigenvalue weighted by Gasteiger charge is 2.21. The molecule has 0 aliphatic rings. The van der Waals surface area contributed by atoms with Crippen LogP contribution in [0.15, 0.2) is 39.7 Å². The van der Waals surface area contributed by atoms with Crippen LogP contribution in [0.2, 0.25) is 10.0 Å². The maximum Gasteiger partial charge on any atom is 0.263 e. The molecule has 0 unspecified atom stereocenters. The molecule has 0 spiro atoms. The van der Waals surface area contributed by atoms with Crippen LogP contribution in [0, 0.1) is 6.92 Å². The second-order valence-corrected chi connectivity index (χ2v) is 7.64. The molecule has 0 fully saturated rings. The van der Waals surface area contributed by atoms with E-state index in [0.29, 0.717) is 15.7 Å². The predicted octanol–water partition coefficient (Wildman–Crippen LogP) is 4.45. The molecular weight excluding hydrogens is 399 g/mol. The summed E-state index contributed by atoms with van der Waals surface area (Å²) in [6.45, 7) is 1.76. The minimum atomic E-state index is -3.87. The fourth-order valence-corrected chi connectivity index (χ4v) is 4.34. The molecule has 3 N–H and O–H groups in total. The highest BCUT2D eigenvalue weighted by molar-refractivity contribution is 9.10. The maximum absolute atomic E-state index is 12.5. The number of nitrogen functional groups attached to an aromatic ring is 1. The predicted molar refractivity (Wildman–Crippen MR) is 90.6 cm³/mol. The van der Waals surface area contributed by atoms with Crippen molar-refractivity contribution in [1.29, 1.82) is 0 Å². The van der Waals surface area contributed by atoms with Crippen molar-refractivity contribution in [1.82, 2.24) is 0 Å². The second-order valence-electron chi connectivity index (χ2n) is 4.35. The van der Waals surface area contributed by atoms with Crippen molar-refractivity contribution in [2.24, 2.45) is 0 Å². The third-order valence-corrected chi connectivity index (χ3v) is 5.91. The molecule has 2 aromatic rings. The van der Waals surface area contributed by atoms with Crippen LogP contribution in [0.4, 0.5) is 11.4 Å². The lowest BCUT2D eigenvalue weighted by molar-refractivity contribution is 0.601. The molecule has 21 heavy (non-hydrogen) atoms. The highest BCUT2D eigenvalue weighted by atomic mass is 79.9. The molecule has 0 heterocycles. The van der Waals surface area contributed by atoms with Gasteiger partial charge in [0.05, 0.1) is 15.7 Å². The first kappa shape index (κ1) is 16.4. The first-order valence-corrected chi connectivity index (χ1v) is 8.78. The maximum atomic E-state index is 12.5. The SMILES string of the molecule is Cc1ccc(Cl)c(NS(=O)(=O)c2cc(N)ccc2Br)c1Cl. The molecule has 0 aliphatic heterocycles. The smallest absolute Gasteiger partial charge is 0.263 e. The molecular formula is C13H11BrCl2N2O2S. The first-order valence-electron chi connectivity index (χ1n) is 5.75. The minimum absolute atomic E-state index is 0.0103. The lowest BCUT2D eigenvalue weighted by Gasteiger charge is -2.14. The van der Waals surface area contributed by atoms with E-state index in [1.54, 1.807) is 31.2 Å². The number of halogens is 3. The van der Waals surface area contributed by atoms with Crippen LogP contribution in [-0.4, -0.2) is 8.42 Å². The van der Waals surface area contributed by atoms with Gasteiger partial charge in [-0.3, -0.25) is 4.72 Å². The van der Waals surface area contributed by atoms with Crippen LogP contribution in [0.3, 0.4) is 0 Å². The fraction of sp³-hybridized carbons (Fsp3) is 0.0769. The van der Waals surface area contributed by atoms with Gasteiger partial charge in [0.1, 0.15) is 4.90 Å². The van der Waals surface area contributed by atoms with Gasteiger partial charge in [0.25, 0.3) is 10.0 Å². The summed E-state index contributed by atoms with van der Waals surface area (Å²) in [5.41, 5.74) is 6.83. The van der Waals surface area contributed by atoms with Crippen LogP contribution in [0.1, 0.15) is 5.56 Å². The highest BCUT2D eigenvalue weighted by Crippen LogP contribution is 2.35. The number of hydrogen-bond donors (Lipinski definition) is 2. The normalized spacial score (nSPS) is 11.4. The fourth-order valence-electron chi connectivity index (χ4n) is 1.67. The number of anilines is 2. The molecule has 8 heteroatoms. The largest absolute Gasteiger partial charge is 0.399 e. The van der Waals surface area contributed by atoms with Crippen molar-refractivity contribution in [3.8, 4) is 0 Å². The molecule has 0 atom stereocenters. The standard InChI is InChI=1S/C13H11BrCl2N2O2S/c1-7-2-5-10(15)13(12(7)16)18-21(19,20)11-6-8(17)3-4-9(11)14/h2-6,18H,17H2,1H3. The summed E-state index contributed by atoms with van der Waals surface area (Å²) in [7, 11) is -3.87. The number of nitrogens with one attached hydrogen (secondary N) is 1. The number of sulfonamides is 1. The van der Waals surface area contributed by atoms with Crippen molar-refractivity contribution in [2.45, 2.75) is 11.8 Å². The van der Waals surface area contributed by atoms with Gasteiger partial charge >= 0.3 is 0 Å². The van der Waals surface area contributed by atoms with Crippen LogP contribution >= 0.6 is 39.1 Å². The van der Waals surface area contributed by atoms with Crippen LogP contribution in [0.25, 0.3) is 0 Å². The van der Waals surface area contributed by atoms with E-state index in [1.165, 1.54) is 6.07 Å². The minimum Gasteiger partial charge on any atom is -0.399 e. The molecule has 2 rings (SSSR count). The Balaban J connectivity index is 2.53. The third-order valence-electron chi connectivity index (χ3n) is 2.77. The summed E-state index contributed by atoms with van der Waals surface area (Å²) in [6, 6.07) is 7.79. The van der Waals surface area contributed by atoms with Gasteiger partial charge in [-0.1, -0.05) is 29.3 Å². The quantitative estimate of drug-likeness (QED) is 0.735.